The lowest BCUT2D eigenvalue weighted by molar-refractivity contribution is -0.117. The smallest absolute Gasteiger partial charge is 0.267 e. The van der Waals surface area contributed by atoms with E-state index in [-0.39, 0.29) is 17.5 Å². The van der Waals surface area contributed by atoms with Crippen LogP contribution >= 0.6 is 0 Å². The zero-order valence-electron chi connectivity index (χ0n) is 16.8. The van der Waals surface area contributed by atoms with Crippen LogP contribution in [0.3, 0.4) is 0 Å². The van der Waals surface area contributed by atoms with Gasteiger partial charge < -0.3 is 15.4 Å². The molecule has 0 aromatic heterocycles. The molecule has 2 N–H and O–H groups in total. The molecule has 5 nitrogen and oxygen atoms in total. The third-order valence-electron chi connectivity index (χ3n) is 4.50. The molecular weight excluding hydrogens is 376 g/mol. The molecule has 0 saturated carbocycles. The van der Waals surface area contributed by atoms with Gasteiger partial charge >= 0.3 is 0 Å². The molecule has 3 aromatic carbocycles. The molecule has 0 bridgehead atoms. The molecule has 0 fully saturated rings. The van der Waals surface area contributed by atoms with Crippen molar-refractivity contribution in [2.75, 3.05) is 13.7 Å². The first-order chi connectivity index (χ1) is 14.7. The van der Waals surface area contributed by atoms with Gasteiger partial charge in [0.05, 0.1) is 7.11 Å². The molecule has 3 rings (SSSR count). The molecular formula is C25H24N2O3. The summed E-state index contributed by atoms with van der Waals surface area (Å²) >= 11 is 0. The Kier molecular flexibility index (Phi) is 7.39. The predicted molar refractivity (Wildman–Crippen MR) is 118 cm³/mol. The maximum atomic E-state index is 12.8. The van der Waals surface area contributed by atoms with Gasteiger partial charge in [0.25, 0.3) is 11.8 Å². The fourth-order valence-electron chi connectivity index (χ4n) is 2.87. The van der Waals surface area contributed by atoms with E-state index in [1.807, 2.05) is 60.7 Å². The number of carbonyl (C=O) groups excluding carboxylic acids is 2. The topological polar surface area (TPSA) is 67.4 Å². The molecule has 0 aliphatic rings. The molecule has 0 saturated heterocycles. The van der Waals surface area contributed by atoms with Crippen LogP contribution in [-0.2, 0) is 11.2 Å². The van der Waals surface area contributed by atoms with Crippen LogP contribution in [0.15, 0.2) is 90.6 Å². The van der Waals surface area contributed by atoms with Crippen molar-refractivity contribution in [1.82, 2.24) is 10.6 Å². The van der Waals surface area contributed by atoms with Crippen LogP contribution in [0, 0.1) is 0 Å². The van der Waals surface area contributed by atoms with Gasteiger partial charge in [-0.1, -0.05) is 60.7 Å². The molecule has 30 heavy (non-hydrogen) atoms. The Morgan fingerprint density at radius 2 is 1.50 bits per heavy atom. The number of rotatable bonds is 8. The molecule has 0 aliphatic heterocycles. The Labute approximate surface area is 176 Å². The Morgan fingerprint density at radius 3 is 2.13 bits per heavy atom. The first-order valence-electron chi connectivity index (χ1n) is 9.70. The number of benzene rings is 3. The highest BCUT2D eigenvalue weighted by molar-refractivity contribution is 6.05. The first kappa shape index (κ1) is 20.9. The molecule has 3 aromatic rings. The lowest BCUT2D eigenvalue weighted by Gasteiger charge is -2.12. The summed E-state index contributed by atoms with van der Waals surface area (Å²) in [6, 6.07) is 26.0. The zero-order valence-corrected chi connectivity index (χ0v) is 16.8. The van der Waals surface area contributed by atoms with Crippen molar-refractivity contribution in [3.8, 4) is 5.75 Å². The van der Waals surface area contributed by atoms with Crippen molar-refractivity contribution in [2.24, 2.45) is 0 Å². The number of ether oxygens (including phenoxy) is 1. The lowest BCUT2D eigenvalue weighted by Crippen LogP contribution is -2.35. The number of methoxy groups -OCH3 is 1. The van der Waals surface area contributed by atoms with E-state index in [1.165, 1.54) is 0 Å². The van der Waals surface area contributed by atoms with Gasteiger partial charge in [0.1, 0.15) is 11.4 Å². The van der Waals surface area contributed by atoms with E-state index in [9.17, 15) is 9.59 Å². The fourth-order valence-corrected chi connectivity index (χ4v) is 2.87. The average molecular weight is 400 g/mol. The number of amides is 2. The molecule has 0 spiro atoms. The molecule has 5 heteroatoms. The standard InChI is InChI=1S/C25H24N2O3/c1-30-22-14-12-21(13-15-22)24(28)27-23(18-20-10-6-3-7-11-20)25(29)26-17-16-19-8-4-2-5-9-19/h2-15,18H,16-17H2,1H3,(H,26,29)(H,27,28)/b23-18+. The average Bonchev–Trinajstić information content (AvgIpc) is 2.80. The highest BCUT2D eigenvalue weighted by Crippen LogP contribution is 2.12. The summed E-state index contributed by atoms with van der Waals surface area (Å²) in [4.78, 5) is 25.5. The Hall–Kier alpha value is -3.86. The van der Waals surface area contributed by atoms with E-state index in [0.717, 1.165) is 11.1 Å². The summed E-state index contributed by atoms with van der Waals surface area (Å²) in [6.07, 6.45) is 2.37. The van der Waals surface area contributed by atoms with E-state index in [4.69, 9.17) is 4.74 Å². The van der Waals surface area contributed by atoms with Crippen molar-refractivity contribution < 1.29 is 14.3 Å². The molecule has 2 amide bonds. The maximum Gasteiger partial charge on any atom is 0.267 e. The van der Waals surface area contributed by atoms with Crippen molar-refractivity contribution in [1.29, 1.82) is 0 Å². The molecule has 0 heterocycles. The number of carbonyl (C=O) groups is 2. The van der Waals surface area contributed by atoms with Gasteiger partial charge in [-0.2, -0.15) is 0 Å². The monoisotopic (exact) mass is 400 g/mol. The molecule has 0 aliphatic carbocycles. The Balaban J connectivity index is 1.71. The minimum atomic E-state index is -0.363. The van der Waals surface area contributed by atoms with Crippen LogP contribution in [0.1, 0.15) is 21.5 Å². The van der Waals surface area contributed by atoms with Gasteiger partial charge in [0.15, 0.2) is 0 Å². The van der Waals surface area contributed by atoms with Gasteiger partial charge in [0, 0.05) is 12.1 Å². The third-order valence-corrected chi connectivity index (χ3v) is 4.50. The van der Waals surface area contributed by atoms with Crippen molar-refractivity contribution >= 4 is 17.9 Å². The van der Waals surface area contributed by atoms with Crippen molar-refractivity contribution in [3.05, 3.63) is 107 Å². The van der Waals surface area contributed by atoms with Crippen LogP contribution in [0.25, 0.3) is 6.08 Å². The second-order valence-electron chi connectivity index (χ2n) is 6.64. The Morgan fingerprint density at radius 1 is 0.867 bits per heavy atom. The number of hydrogen-bond donors (Lipinski definition) is 2. The molecule has 152 valence electrons. The SMILES string of the molecule is COc1ccc(C(=O)N/C(=C/c2ccccc2)C(=O)NCCc2ccccc2)cc1. The number of nitrogens with one attached hydrogen (secondary N) is 2. The zero-order chi connectivity index (χ0) is 21.2. The lowest BCUT2D eigenvalue weighted by atomic mass is 10.1. The van der Waals surface area contributed by atoms with Gasteiger partial charge in [-0.25, -0.2) is 0 Å². The van der Waals surface area contributed by atoms with E-state index in [2.05, 4.69) is 10.6 Å². The van der Waals surface area contributed by atoms with Gasteiger partial charge in [0.2, 0.25) is 0 Å². The van der Waals surface area contributed by atoms with Crippen molar-refractivity contribution in [2.45, 2.75) is 6.42 Å². The van der Waals surface area contributed by atoms with Gasteiger partial charge in [-0.15, -0.1) is 0 Å². The van der Waals surface area contributed by atoms with E-state index in [1.54, 1.807) is 37.5 Å². The summed E-state index contributed by atoms with van der Waals surface area (Å²) in [5.41, 5.74) is 2.58. The minimum absolute atomic E-state index is 0.190. The van der Waals surface area contributed by atoms with Crippen molar-refractivity contribution in [3.63, 3.8) is 0 Å². The number of hydrogen-bond acceptors (Lipinski definition) is 3. The summed E-state index contributed by atoms with van der Waals surface area (Å²) in [5, 5.41) is 5.62. The third kappa shape index (κ3) is 6.07. The largest absolute Gasteiger partial charge is 0.497 e. The van der Waals surface area contributed by atoms with E-state index >= 15 is 0 Å². The van der Waals surface area contributed by atoms with Gasteiger partial charge in [-0.3, -0.25) is 9.59 Å². The van der Waals surface area contributed by atoms with Crippen LogP contribution in [0.2, 0.25) is 0 Å². The first-order valence-corrected chi connectivity index (χ1v) is 9.70. The minimum Gasteiger partial charge on any atom is -0.497 e. The fraction of sp³-hybridized carbons (Fsp3) is 0.120. The quantitative estimate of drug-likeness (QED) is 0.565. The molecule has 0 atom stereocenters. The van der Waals surface area contributed by atoms with E-state index in [0.29, 0.717) is 24.3 Å². The van der Waals surface area contributed by atoms with Crippen LogP contribution in [0.4, 0.5) is 0 Å². The highest BCUT2D eigenvalue weighted by atomic mass is 16.5. The maximum absolute atomic E-state index is 12.8. The molecule has 0 radical (unpaired) electrons. The summed E-state index contributed by atoms with van der Waals surface area (Å²) < 4.78 is 5.12. The summed E-state index contributed by atoms with van der Waals surface area (Å²) in [5.74, 6) is -0.0417. The van der Waals surface area contributed by atoms with Crippen LogP contribution in [0.5, 0.6) is 5.75 Å². The van der Waals surface area contributed by atoms with Gasteiger partial charge in [-0.05, 0) is 47.9 Å². The molecule has 0 unspecified atom stereocenters. The van der Waals surface area contributed by atoms with E-state index < -0.39 is 0 Å². The Bertz CT molecular complexity index is 998. The van der Waals surface area contributed by atoms with Crippen LogP contribution < -0.4 is 15.4 Å². The summed E-state index contributed by atoms with van der Waals surface area (Å²) in [7, 11) is 1.57. The van der Waals surface area contributed by atoms with Crippen LogP contribution in [-0.4, -0.2) is 25.5 Å². The second kappa shape index (κ2) is 10.6. The second-order valence-corrected chi connectivity index (χ2v) is 6.64. The predicted octanol–water partition coefficient (Wildman–Crippen LogP) is 3.83. The summed E-state index contributed by atoms with van der Waals surface area (Å²) in [6.45, 7) is 0.466. The normalized spacial score (nSPS) is 10.9. The highest BCUT2D eigenvalue weighted by Gasteiger charge is 2.14.